The first-order chi connectivity index (χ1) is 7.29. The molecule has 0 fully saturated rings. The smallest absolute Gasteiger partial charge is 0.129 e. The van der Waals surface area contributed by atoms with E-state index in [1.807, 2.05) is 35.2 Å². The molecule has 0 spiro atoms. The van der Waals surface area contributed by atoms with Gasteiger partial charge < -0.3 is 4.57 Å². The number of aromatic nitrogens is 1. The Bertz CT molecular complexity index is 495. The van der Waals surface area contributed by atoms with Crippen molar-refractivity contribution in [1.82, 2.24) is 4.57 Å². The van der Waals surface area contributed by atoms with Gasteiger partial charge in [-0.2, -0.15) is 5.26 Å². The Morgan fingerprint density at radius 2 is 2.00 bits per heavy atom. The van der Waals surface area contributed by atoms with Crippen molar-refractivity contribution in [3.05, 3.63) is 59.7 Å². The molecule has 2 rings (SSSR count). The van der Waals surface area contributed by atoms with Crippen molar-refractivity contribution in [2.45, 2.75) is 6.54 Å². The summed E-state index contributed by atoms with van der Waals surface area (Å²) < 4.78 is 15.3. The highest BCUT2D eigenvalue weighted by Crippen LogP contribution is 2.11. The van der Waals surface area contributed by atoms with Crippen LogP contribution in [0.4, 0.5) is 4.39 Å². The summed E-state index contributed by atoms with van der Waals surface area (Å²) >= 11 is 0. The minimum Gasteiger partial charge on any atom is -0.350 e. The third-order valence-corrected chi connectivity index (χ3v) is 2.20. The lowest BCUT2D eigenvalue weighted by Crippen LogP contribution is -1.99. The summed E-state index contributed by atoms with van der Waals surface area (Å²) in [6.07, 6.45) is 3.75. The van der Waals surface area contributed by atoms with Crippen LogP contribution in [0.2, 0.25) is 0 Å². The van der Waals surface area contributed by atoms with Crippen LogP contribution in [0.5, 0.6) is 0 Å². The van der Waals surface area contributed by atoms with Crippen LogP contribution in [0.1, 0.15) is 11.1 Å². The maximum Gasteiger partial charge on any atom is 0.129 e. The summed E-state index contributed by atoms with van der Waals surface area (Å²) in [5, 5.41) is 8.59. The van der Waals surface area contributed by atoms with Crippen LogP contribution < -0.4 is 0 Å². The molecule has 0 aliphatic rings. The summed E-state index contributed by atoms with van der Waals surface area (Å²) in [4.78, 5) is 0. The fourth-order valence-electron chi connectivity index (χ4n) is 1.42. The van der Waals surface area contributed by atoms with Crippen LogP contribution in [0, 0.1) is 17.1 Å². The molecule has 0 aliphatic heterocycles. The molecule has 3 heteroatoms. The lowest BCUT2D eigenvalue weighted by Gasteiger charge is -2.04. The van der Waals surface area contributed by atoms with Crippen LogP contribution in [-0.2, 0) is 6.54 Å². The van der Waals surface area contributed by atoms with Crippen molar-refractivity contribution in [2.75, 3.05) is 0 Å². The molecule has 2 nitrogen and oxygen atoms in total. The zero-order chi connectivity index (χ0) is 10.7. The van der Waals surface area contributed by atoms with Crippen LogP contribution in [0.25, 0.3) is 0 Å². The van der Waals surface area contributed by atoms with Gasteiger partial charge in [-0.3, -0.25) is 0 Å². The molecule has 15 heavy (non-hydrogen) atoms. The van der Waals surface area contributed by atoms with E-state index in [1.165, 1.54) is 6.07 Å². The third-order valence-electron chi connectivity index (χ3n) is 2.20. The van der Waals surface area contributed by atoms with E-state index in [0.717, 1.165) is 0 Å². The number of hydrogen-bond acceptors (Lipinski definition) is 1. The molecule has 0 bridgehead atoms. The third kappa shape index (κ3) is 2.05. The molecule has 0 amide bonds. The highest BCUT2D eigenvalue weighted by molar-refractivity contribution is 5.33. The van der Waals surface area contributed by atoms with Crippen molar-refractivity contribution in [1.29, 1.82) is 5.26 Å². The molecule has 74 valence electrons. The topological polar surface area (TPSA) is 28.7 Å². The molecule has 1 aromatic heterocycles. The number of benzene rings is 1. The molecular weight excluding hydrogens is 191 g/mol. The summed E-state index contributed by atoms with van der Waals surface area (Å²) in [5.41, 5.74) is 0.939. The van der Waals surface area contributed by atoms with Gasteiger partial charge in [-0.1, -0.05) is 6.07 Å². The lowest BCUT2D eigenvalue weighted by atomic mass is 10.1. The van der Waals surface area contributed by atoms with Gasteiger partial charge in [0.2, 0.25) is 0 Å². The molecule has 0 unspecified atom stereocenters. The van der Waals surface area contributed by atoms with Gasteiger partial charge in [0.25, 0.3) is 0 Å². The number of nitrogens with zero attached hydrogens (tertiary/aromatic N) is 2. The van der Waals surface area contributed by atoms with E-state index in [1.54, 1.807) is 12.1 Å². The summed E-state index contributed by atoms with van der Waals surface area (Å²) in [6.45, 7) is 0.491. The minimum absolute atomic E-state index is 0.331. The molecular formula is C12H9FN2. The summed E-state index contributed by atoms with van der Waals surface area (Å²) in [5.74, 6) is -0.331. The van der Waals surface area contributed by atoms with Crippen molar-refractivity contribution >= 4 is 0 Å². The van der Waals surface area contributed by atoms with Gasteiger partial charge in [0.15, 0.2) is 0 Å². The summed E-state index contributed by atoms with van der Waals surface area (Å²) in [7, 11) is 0. The average Bonchev–Trinajstić information content (AvgIpc) is 2.74. The Morgan fingerprint density at radius 1 is 1.27 bits per heavy atom. The molecule has 0 N–H and O–H groups in total. The first kappa shape index (κ1) is 9.47. The Labute approximate surface area is 87.2 Å². The molecule has 1 aromatic carbocycles. The molecule has 0 aliphatic carbocycles. The molecule has 2 aromatic rings. The minimum atomic E-state index is -0.331. The largest absolute Gasteiger partial charge is 0.350 e. The van der Waals surface area contributed by atoms with Crippen LogP contribution in [0.3, 0.4) is 0 Å². The Hall–Kier alpha value is -2.08. The normalized spacial score (nSPS) is 9.87. The van der Waals surface area contributed by atoms with Gasteiger partial charge in [-0.25, -0.2) is 4.39 Å². The number of halogens is 1. The van der Waals surface area contributed by atoms with E-state index in [2.05, 4.69) is 0 Å². The van der Waals surface area contributed by atoms with Gasteiger partial charge >= 0.3 is 0 Å². The van der Waals surface area contributed by atoms with E-state index in [9.17, 15) is 4.39 Å². The highest BCUT2D eigenvalue weighted by Gasteiger charge is 2.03. The van der Waals surface area contributed by atoms with Gasteiger partial charge in [-0.15, -0.1) is 0 Å². The Kier molecular flexibility index (Phi) is 2.51. The van der Waals surface area contributed by atoms with E-state index in [0.29, 0.717) is 17.7 Å². The maximum atomic E-state index is 13.5. The predicted molar refractivity (Wildman–Crippen MR) is 54.6 cm³/mol. The van der Waals surface area contributed by atoms with Crippen molar-refractivity contribution in [2.24, 2.45) is 0 Å². The lowest BCUT2D eigenvalue weighted by molar-refractivity contribution is 0.599. The molecule has 1 heterocycles. The van der Waals surface area contributed by atoms with Gasteiger partial charge in [-0.05, 0) is 24.3 Å². The summed E-state index contributed by atoms with van der Waals surface area (Å²) in [6, 6.07) is 10.2. The number of nitriles is 1. The quantitative estimate of drug-likeness (QED) is 0.732. The standard InChI is InChI=1S/C12H9FN2/c13-12-7-10(8-14)3-4-11(12)9-15-5-1-2-6-15/h1-7H,9H2. The Morgan fingerprint density at radius 3 is 2.60 bits per heavy atom. The monoisotopic (exact) mass is 200 g/mol. The molecule has 0 atom stereocenters. The zero-order valence-electron chi connectivity index (χ0n) is 8.02. The van der Waals surface area contributed by atoms with E-state index >= 15 is 0 Å². The van der Waals surface area contributed by atoms with Crippen molar-refractivity contribution in [3.8, 4) is 6.07 Å². The molecule has 0 radical (unpaired) electrons. The highest BCUT2D eigenvalue weighted by atomic mass is 19.1. The van der Waals surface area contributed by atoms with Crippen molar-refractivity contribution < 1.29 is 4.39 Å². The van der Waals surface area contributed by atoms with Gasteiger partial charge in [0, 0.05) is 24.5 Å². The van der Waals surface area contributed by atoms with Gasteiger partial charge in [0.05, 0.1) is 11.6 Å². The zero-order valence-corrected chi connectivity index (χ0v) is 8.02. The number of rotatable bonds is 2. The van der Waals surface area contributed by atoms with E-state index in [-0.39, 0.29) is 5.82 Å². The fourth-order valence-corrected chi connectivity index (χ4v) is 1.42. The van der Waals surface area contributed by atoms with Crippen LogP contribution in [-0.4, -0.2) is 4.57 Å². The van der Waals surface area contributed by atoms with E-state index < -0.39 is 0 Å². The fraction of sp³-hybridized carbons (Fsp3) is 0.0833. The second-order valence-electron chi connectivity index (χ2n) is 3.27. The molecule has 0 saturated heterocycles. The SMILES string of the molecule is N#Cc1ccc(Cn2cccc2)c(F)c1. The van der Waals surface area contributed by atoms with Crippen LogP contribution in [0.15, 0.2) is 42.7 Å². The number of hydrogen-bond donors (Lipinski definition) is 0. The first-order valence-electron chi connectivity index (χ1n) is 4.59. The van der Waals surface area contributed by atoms with Crippen molar-refractivity contribution in [3.63, 3.8) is 0 Å². The predicted octanol–water partition coefficient (Wildman–Crippen LogP) is 2.55. The first-order valence-corrected chi connectivity index (χ1v) is 4.59. The molecule has 0 saturated carbocycles. The average molecular weight is 200 g/mol. The van der Waals surface area contributed by atoms with Gasteiger partial charge in [0.1, 0.15) is 5.82 Å². The van der Waals surface area contributed by atoms with Crippen LogP contribution >= 0.6 is 0 Å². The maximum absolute atomic E-state index is 13.5. The second-order valence-corrected chi connectivity index (χ2v) is 3.27. The Balaban J connectivity index is 2.27. The second kappa shape index (κ2) is 3.97. The van der Waals surface area contributed by atoms with E-state index in [4.69, 9.17) is 5.26 Å².